The summed E-state index contributed by atoms with van der Waals surface area (Å²) in [6.07, 6.45) is -5.93. The highest BCUT2D eigenvalue weighted by Gasteiger charge is 2.36. The van der Waals surface area contributed by atoms with Crippen LogP contribution in [0.4, 0.5) is 32.0 Å². The van der Waals surface area contributed by atoms with Gasteiger partial charge in [-0.05, 0) is 47.5 Å². The van der Waals surface area contributed by atoms with Crippen molar-refractivity contribution in [3.05, 3.63) is 113 Å². The number of carboxylic acid groups (broad SMARTS) is 1. The van der Waals surface area contributed by atoms with Gasteiger partial charge in [-0.2, -0.15) is 26.3 Å². The van der Waals surface area contributed by atoms with Gasteiger partial charge in [-0.25, -0.2) is 9.59 Å². The maximum Gasteiger partial charge on any atom is 0.417 e. The number of halogens is 6. The number of aromatic nitrogens is 2. The van der Waals surface area contributed by atoms with E-state index >= 15 is 0 Å². The van der Waals surface area contributed by atoms with Crippen molar-refractivity contribution in [3.8, 4) is 11.1 Å². The van der Waals surface area contributed by atoms with Gasteiger partial charge in [0, 0.05) is 38.5 Å². The molecule has 0 fully saturated rings. The molecule has 0 saturated heterocycles. The van der Waals surface area contributed by atoms with Crippen LogP contribution in [0, 0.1) is 0 Å². The van der Waals surface area contributed by atoms with E-state index in [0.717, 1.165) is 30.7 Å². The van der Waals surface area contributed by atoms with E-state index in [1.54, 1.807) is 30.3 Å². The van der Waals surface area contributed by atoms with Crippen LogP contribution in [0.2, 0.25) is 25.7 Å². The third-order valence-corrected chi connectivity index (χ3v) is 8.10. The zero-order valence-corrected chi connectivity index (χ0v) is 26.2. The van der Waals surface area contributed by atoms with Crippen molar-refractivity contribution in [2.24, 2.45) is 0 Å². The van der Waals surface area contributed by atoms with Crippen molar-refractivity contribution in [1.29, 1.82) is 0 Å². The van der Waals surface area contributed by atoms with Crippen molar-refractivity contribution in [1.82, 2.24) is 9.97 Å². The molecule has 47 heavy (non-hydrogen) atoms. The Morgan fingerprint density at radius 1 is 0.787 bits per heavy atom. The summed E-state index contributed by atoms with van der Waals surface area (Å²) in [4.78, 5) is 42.7. The Kier molecular flexibility index (Phi) is 11.6. The van der Waals surface area contributed by atoms with Gasteiger partial charge in [0.2, 0.25) is 0 Å². The second kappa shape index (κ2) is 15.0. The quantitative estimate of drug-likeness (QED) is 0.109. The number of nitrogens with one attached hydrogen (secondary N) is 1. The first kappa shape index (κ1) is 36.4. The Bertz CT molecular complexity index is 1730. The first-order valence-electron chi connectivity index (χ1n) is 13.8. The summed E-state index contributed by atoms with van der Waals surface area (Å²) >= 11 is 0. The van der Waals surface area contributed by atoms with E-state index in [1.807, 2.05) is 6.07 Å². The number of hydrogen-bond acceptors (Lipinski definition) is 6. The van der Waals surface area contributed by atoms with Crippen molar-refractivity contribution in [2.75, 3.05) is 11.9 Å². The van der Waals surface area contributed by atoms with Crippen molar-refractivity contribution in [2.45, 2.75) is 38.0 Å². The number of carbonyl (C=O) groups is 3. The lowest BCUT2D eigenvalue weighted by atomic mass is 9.98. The van der Waals surface area contributed by atoms with Gasteiger partial charge in [-0.3, -0.25) is 14.8 Å². The average Bonchev–Trinajstić information content (AvgIpc) is 3.00. The Hall–Kier alpha value is -5.05. The minimum atomic E-state index is -4.70. The van der Waals surface area contributed by atoms with Crippen molar-refractivity contribution in [3.63, 3.8) is 0 Å². The van der Waals surface area contributed by atoms with E-state index in [-0.39, 0.29) is 5.69 Å². The maximum absolute atomic E-state index is 13.3. The van der Waals surface area contributed by atoms with E-state index in [2.05, 4.69) is 34.9 Å². The lowest BCUT2D eigenvalue weighted by Gasteiger charge is -2.17. The molecule has 15 heteroatoms. The molecule has 0 radical (unpaired) electrons. The highest BCUT2D eigenvalue weighted by Crippen LogP contribution is 2.33. The molecule has 8 nitrogen and oxygen atoms in total. The number of pyridine rings is 2. The van der Waals surface area contributed by atoms with Crippen molar-refractivity contribution < 1.29 is 50.6 Å². The number of carboxylic acids is 1. The predicted molar refractivity (Wildman–Crippen MR) is 164 cm³/mol. The molecule has 2 heterocycles. The van der Waals surface area contributed by atoms with E-state index in [0.29, 0.717) is 35.6 Å². The largest absolute Gasteiger partial charge is 0.478 e. The smallest absolute Gasteiger partial charge is 0.417 e. The van der Waals surface area contributed by atoms with Crippen LogP contribution in [-0.2, 0) is 17.1 Å². The van der Waals surface area contributed by atoms with Gasteiger partial charge in [0.15, 0.2) is 0 Å². The van der Waals surface area contributed by atoms with E-state index in [9.17, 15) is 40.7 Å². The fraction of sp³-hybridized carbons (Fsp3) is 0.219. The Balaban J connectivity index is 0.000000386. The zero-order valence-electron chi connectivity index (χ0n) is 25.2. The van der Waals surface area contributed by atoms with Crippen LogP contribution in [0.5, 0.6) is 0 Å². The van der Waals surface area contributed by atoms with Crippen LogP contribution in [0.25, 0.3) is 11.1 Å². The maximum atomic E-state index is 13.3. The van der Waals surface area contributed by atoms with Crippen LogP contribution < -0.4 is 5.32 Å². The molecule has 0 saturated carbocycles. The summed E-state index contributed by atoms with van der Waals surface area (Å²) in [5.41, 5.74) is -1.95. The number of esters is 1. The molecule has 2 aromatic heterocycles. The summed E-state index contributed by atoms with van der Waals surface area (Å²) < 4.78 is 81.7. The fourth-order valence-corrected chi connectivity index (χ4v) is 4.73. The highest BCUT2D eigenvalue weighted by atomic mass is 28.3. The summed E-state index contributed by atoms with van der Waals surface area (Å²) in [6.45, 7) is 6.85. The van der Waals surface area contributed by atoms with Gasteiger partial charge < -0.3 is 15.2 Å². The molecule has 2 N–H and O–H groups in total. The number of amides is 1. The van der Waals surface area contributed by atoms with Gasteiger partial charge in [0.25, 0.3) is 5.91 Å². The molecule has 1 amide bonds. The third kappa shape index (κ3) is 10.5. The molecule has 0 aliphatic rings. The minimum Gasteiger partial charge on any atom is -0.478 e. The lowest BCUT2D eigenvalue weighted by molar-refractivity contribution is -0.138. The minimum absolute atomic E-state index is 0.236. The molecular formula is C32H29F6N3O5Si. The monoisotopic (exact) mass is 677 g/mol. The summed E-state index contributed by atoms with van der Waals surface area (Å²) in [7, 11) is -1.39. The van der Waals surface area contributed by atoms with Crippen LogP contribution in [-0.4, -0.2) is 47.6 Å². The van der Waals surface area contributed by atoms with Crippen LogP contribution >= 0.6 is 0 Å². The Labute approximate surface area is 266 Å². The number of hydrogen-bond donors (Lipinski definition) is 2. The molecule has 4 rings (SSSR count). The number of nitrogens with zero attached hydrogens (tertiary/aromatic N) is 2. The Morgan fingerprint density at radius 2 is 1.34 bits per heavy atom. The van der Waals surface area contributed by atoms with Crippen LogP contribution in [0.3, 0.4) is 0 Å². The van der Waals surface area contributed by atoms with Gasteiger partial charge in [-0.15, -0.1) is 0 Å². The van der Waals surface area contributed by atoms with Gasteiger partial charge in [0.1, 0.15) is 0 Å². The lowest BCUT2D eigenvalue weighted by Crippen LogP contribution is -2.23. The molecule has 0 aliphatic heterocycles. The third-order valence-electron chi connectivity index (χ3n) is 6.40. The number of rotatable bonds is 8. The molecule has 2 aromatic carbocycles. The molecule has 4 aromatic rings. The normalized spacial score (nSPS) is 11.6. The summed E-state index contributed by atoms with van der Waals surface area (Å²) in [6, 6.07) is 15.7. The highest BCUT2D eigenvalue weighted by molar-refractivity contribution is 6.76. The molecule has 0 bridgehead atoms. The topological polar surface area (TPSA) is 118 Å². The number of carbonyl (C=O) groups excluding carboxylic acids is 2. The molecule has 0 atom stereocenters. The molecular weight excluding hydrogens is 648 g/mol. The first-order valence-corrected chi connectivity index (χ1v) is 17.5. The molecule has 0 spiro atoms. The molecule has 0 aliphatic carbocycles. The summed E-state index contributed by atoms with van der Waals surface area (Å²) in [5.74, 6) is -3.09. The molecule has 248 valence electrons. The zero-order chi connectivity index (χ0) is 35.0. The van der Waals surface area contributed by atoms with Crippen LogP contribution in [0.1, 0.15) is 42.2 Å². The van der Waals surface area contributed by atoms with Crippen LogP contribution in [0.15, 0.2) is 85.5 Å². The standard InChI is InChI=1S/C25H25F3N2O3Si.C7H4F3NO2/c1-34(2,3)14-13-33-24(32)19-10-9-18(15-20(19)17-7-5-4-6-8-17)30-23(31)21-16-29-12-11-22(21)25(26,27)28;8-7(9,10)5-1-2-11-3-4(5)6(12)13/h4-12,15-16H,13-14H2,1-3H3,(H,30,31);1-3H,(H,12,13). The second-order valence-electron chi connectivity index (χ2n) is 11.2. The SMILES string of the molecule is C[Si](C)(C)CCOC(=O)c1ccc(NC(=O)c2cnccc2C(F)(F)F)cc1-c1ccccc1.O=C(O)c1cnccc1C(F)(F)F. The number of aromatic carboxylic acids is 1. The van der Waals surface area contributed by atoms with Gasteiger partial charge >= 0.3 is 24.3 Å². The number of anilines is 1. The first-order chi connectivity index (χ1) is 21.9. The van der Waals surface area contributed by atoms with Gasteiger partial charge in [-0.1, -0.05) is 50.0 Å². The fourth-order valence-electron chi connectivity index (χ4n) is 4.02. The Morgan fingerprint density at radius 3 is 1.85 bits per heavy atom. The second-order valence-corrected chi connectivity index (χ2v) is 16.8. The van der Waals surface area contributed by atoms with E-state index < -0.39 is 60.5 Å². The number of benzene rings is 2. The predicted octanol–water partition coefficient (Wildman–Crippen LogP) is 8.31. The summed E-state index contributed by atoms with van der Waals surface area (Å²) in [5, 5.41) is 10.9. The van der Waals surface area contributed by atoms with Crippen molar-refractivity contribution >= 4 is 31.6 Å². The van der Waals surface area contributed by atoms with E-state index in [4.69, 9.17) is 9.84 Å². The number of ether oxygens (including phenoxy) is 1. The van der Waals surface area contributed by atoms with E-state index in [1.165, 1.54) is 12.1 Å². The van der Waals surface area contributed by atoms with Gasteiger partial charge in [0.05, 0.1) is 34.4 Å². The number of alkyl halides is 6. The molecule has 0 unspecified atom stereocenters. The average molecular weight is 678 g/mol.